The van der Waals surface area contributed by atoms with Crippen molar-refractivity contribution in [3.05, 3.63) is 84.4 Å². The molecular weight excluding hydrogens is 1840 g/mol. The molecule has 0 spiro atoms. The quantitative estimate of drug-likeness (QED) is 0.00651. The Morgan fingerprint density at radius 3 is 0.932 bits per heavy atom. The van der Waals surface area contributed by atoms with Gasteiger partial charge in [-0.15, -0.1) is 11.8 Å². The highest BCUT2D eigenvalue weighted by Crippen LogP contribution is 2.34. The Morgan fingerprint density at radius 2 is 0.602 bits per heavy atom. The fraction of sp³-hybridized carbons (Fsp3) is 0.686. The number of unbranched alkanes of at least 4 members (excludes halogenated alkanes) is 48. The van der Waals surface area contributed by atoms with Crippen molar-refractivity contribution in [2.75, 3.05) is 27.6 Å². The topological polar surface area (TPSA) is 270 Å². The van der Waals surface area contributed by atoms with Gasteiger partial charge in [-0.25, -0.2) is 39.9 Å². The molecular formula is C102H151Cl7N16O7S. The molecule has 0 radical (unpaired) electrons. The summed E-state index contributed by atoms with van der Waals surface area (Å²) in [5.41, 5.74) is 6.67. The monoisotopic (exact) mass is 1990 g/mol. The van der Waals surface area contributed by atoms with Crippen molar-refractivity contribution in [2.24, 2.45) is 5.92 Å². The summed E-state index contributed by atoms with van der Waals surface area (Å²) in [6, 6.07) is 10.1. The lowest BCUT2D eigenvalue weighted by atomic mass is 10.0. The predicted octanol–water partition coefficient (Wildman–Crippen LogP) is 30.6. The van der Waals surface area contributed by atoms with Crippen molar-refractivity contribution >= 4 is 161 Å². The smallest absolute Gasteiger partial charge is 0.305 e. The zero-order valence-corrected chi connectivity index (χ0v) is 87.0. The van der Waals surface area contributed by atoms with Crippen LogP contribution in [-0.4, -0.2) is 129 Å². The third-order valence-electron chi connectivity index (χ3n) is 24.6. The Kier molecular flexibility index (Phi) is 58.4. The molecule has 31 heteroatoms. The van der Waals surface area contributed by atoms with Crippen LogP contribution in [0.3, 0.4) is 0 Å². The maximum absolute atomic E-state index is 11.1. The van der Waals surface area contributed by atoms with Crippen molar-refractivity contribution in [1.82, 2.24) is 78.1 Å². The van der Waals surface area contributed by atoms with Gasteiger partial charge in [0.1, 0.15) is 50.3 Å². The van der Waals surface area contributed by atoms with Crippen LogP contribution in [0.25, 0.3) is 56.0 Å². The Hall–Kier alpha value is -6.56. The second-order valence-corrected chi connectivity index (χ2v) is 38.8. The first-order valence-corrected chi connectivity index (χ1v) is 54.1. The highest BCUT2D eigenvalue weighted by Gasteiger charge is 2.23. The third-order valence-corrected chi connectivity index (χ3v) is 26.7. The second-order valence-electron chi connectivity index (χ2n) is 35.6. The molecule has 1 aliphatic rings. The molecule has 9 aromatic rings. The summed E-state index contributed by atoms with van der Waals surface area (Å²) in [5.74, 6) is 10.5. The zero-order chi connectivity index (χ0) is 95.4. The van der Waals surface area contributed by atoms with Crippen LogP contribution in [0.4, 0.5) is 0 Å². The number of carbonyl (C=O) groups is 4. The van der Waals surface area contributed by atoms with Gasteiger partial charge in [0.2, 0.25) is 21.1 Å². The van der Waals surface area contributed by atoms with Crippen molar-refractivity contribution < 1.29 is 33.4 Å². The van der Waals surface area contributed by atoms with Crippen LogP contribution in [0.5, 0.6) is 0 Å². The Balaban J connectivity index is 0.000000243. The van der Waals surface area contributed by atoms with Crippen LogP contribution in [-0.2, 0) is 59.6 Å². The fourth-order valence-corrected chi connectivity index (χ4v) is 19.1. The van der Waals surface area contributed by atoms with E-state index < -0.39 is 0 Å². The molecule has 736 valence electrons. The van der Waals surface area contributed by atoms with Gasteiger partial charge in [-0.1, -0.05) is 354 Å². The number of fused-ring (bicyclic) bond motifs is 4. The highest BCUT2D eigenvalue weighted by molar-refractivity contribution is 7.98. The normalized spacial score (nSPS) is 11.8. The molecule has 1 saturated carbocycles. The molecule has 0 aliphatic heterocycles. The van der Waals surface area contributed by atoms with E-state index in [1.54, 1.807) is 18.7 Å². The number of benzene rings is 1. The number of methoxy groups -OCH3 is 3. The van der Waals surface area contributed by atoms with Gasteiger partial charge in [0, 0.05) is 63.3 Å². The lowest BCUT2D eigenvalue weighted by molar-refractivity contribution is -0.141. The molecule has 0 unspecified atom stereocenters. The van der Waals surface area contributed by atoms with Gasteiger partial charge in [0.25, 0.3) is 0 Å². The average molecular weight is 1990 g/mol. The fourth-order valence-electron chi connectivity index (χ4n) is 16.9. The minimum Gasteiger partial charge on any atom is -0.469 e. The molecule has 1 aromatic carbocycles. The number of hydrogen-bond donors (Lipinski definition) is 0. The van der Waals surface area contributed by atoms with Crippen LogP contribution in [0.1, 0.15) is 397 Å². The summed E-state index contributed by atoms with van der Waals surface area (Å²) in [7, 11) is 4.37. The van der Waals surface area contributed by atoms with Gasteiger partial charge < -0.3 is 37.3 Å². The average Bonchev–Trinajstić information content (AvgIpc) is 1.63. The lowest BCUT2D eigenvalue weighted by Crippen LogP contribution is -2.02. The summed E-state index contributed by atoms with van der Waals surface area (Å²) in [6.07, 6.45) is 71.5. The van der Waals surface area contributed by atoms with E-state index in [0.717, 1.165) is 153 Å². The van der Waals surface area contributed by atoms with E-state index in [1.807, 2.05) is 50.4 Å². The minimum atomic E-state index is -0.0912. The summed E-state index contributed by atoms with van der Waals surface area (Å²) in [5, 5.41) is 2.61. The number of imidazole rings is 4. The number of aryl methyl sites for hydroxylation is 6. The first kappa shape index (κ1) is 113. The van der Waals surface area contributed by atoms with Gasteiger partial charge in [-0.3, -0.25) is 14.4 Å². The zero-order valence-electron chi connectivity index (χ0n) is 80.9. The molecule has 0 N–H and O–H groups in total. The SMILES string of the molecule is CC(=O)CCCCCCCCCCCCCCCn1c(C)nc2nc(Cl)nc(Cl)c21.COC(=O)CCCCCCCCCCCCCCCn1c(-c2ccccc2)nc2nc(Cl)nc(Cl)c21.COC(=O)CCCCCCCCCCCCCCCn1c(C#CC2CC2)nc2nc(Cl)nc(Cl)c21.COC(=O)CCCCCCCCCCCCCCCn1c(C)nc2nc(Cl)nc(SC)c21. The number of nitrogens with zero attached hydrogens (tertiary/aromatic N) is 16. The maximum atomic E-state index is 11.1. The minimum absolute atomic E-state index is 0.0833. The van der Waals surface area contributed by atoms with E-state index in [2.05, 4.69) is 99.1 Å². The summed E-state index contributed by atoms with van der Waals surface area (Å²) in [6.45, 7) is 9.17. The highest BCUT2D eigenvalue weighted by atomic mass is 35.5. The summed E-state index contributed by atoms with van der Waals surface area (Å²) in [4.78, 5) is 96.0. The lowest BCUT2D eigenvalue weighted by Gasteiger charge is -2.10. The number of esters is 3. The molecule has 0 amide bonds. The van der Waals surface area contributed by atoms with Crippen molar-refractivity contribution in [1.29, 1.82) is 0 Å². The van der Waals surface area contributed by atoms with Crippen LogP contribution >= 0.6 is 93.0 Å². The van der Waals surface area contributed by atoms with E-state index in [0.29, 0.717) is 74.8 Å². The summed E-state index contributed by atoms with van der Waals surface area (Å²) < 4.78 is 22.5. The van der Waals surface area contributed by atoms with E-state index >= 15 is 0 Å². The number of thioether (sulfide) groups is 1. The van der Waals surface area contributed by atoms with Crippen molar-refractivity contribution in [3.8, 4) is 23.2 Å². The number of carbonyl (C=O) groups excluding carboxylic acids is 4. The van der Waals surface area contributed by atoms with Gasteiger partial charge in [0.05, 0.1) is 21.3 Å². The molecule has 133 heavy (non-hydrogen) atoms. The number of Topliss-reactive ketones (excluding diaryl/α,β-unsaturated/α-hetero) is 1. The number of ketones is 1. The van der Waals surface area contributed by atoms with E-state index in [-0.39, 0.29) is 39.0 Å². The maximum Gasteiger partial charge on any atom is 0.305 e. The molecule has 0 bridgehead atoms. The molecule has 23 nitrogen and oxygen atoms in total. The van der Waals surface area contributed by atoms with Gasteiger partial charge in [-0.2, -0.15) is 19.9 Å². The largest absolute Gasteiger partial charge is 0.469 e. The number of ether oxygens (including phenoxy) is 3. The molecule has 8 aromatic heterocycles. The number of hydrogen-bond acceptors (Lipinski definition) is 20. The van der Waals surface area contributed by atoms with Gasteiger partial charge in [0.15, 0.2) is 43.9 Å². The Morgan fingerprint density at radius 1 is 0.331 bits per heavy atom. The molecule has 1 aliphatic carbocycles. The first-order valence-electron chi connectivity index (χ1n) is 50.2. The van der Waals surface area contributed by atoms with Crippen LogP contribution in [0, 0.1) is 31.6 Å². The second kappa shape index (κ2) is 68.5. The Bertz CT molecular complexity index is 4900. The number of halogens is 7. The van der Waals surface area contributed by atoms with Gasteiger partial charge >= 0.3 is 17.9 Å². The van der Waals surface area contributed by atoms with E-state index in [1.165, 1.54) is 297 Å². The molecule has 0 atom stereocenters. The molecule has 1 fully saturated rings. The summed E-state index contributed by atoms with van der Waals surface area (Å²) >= 11 is 44.5. The molecule has 0 saturated heterocycles. The van der Waals surface area contributed by atoms with E-state index in [4.69, 9.17) is 86.2 Å². The first-order chi connectivity index (χ1) is 64.7. The van der Waals surface area contributed by atoms with E-state index in [9.17, 15) is 19.2 Å². The number of rotatable bonds is 66. The Labute approximate surface area is 832 Å². The predicted molar refractivity (Wildman–Crippen MR) is 548 cm³/mol. The van der Waals surface area contributed by atoms with Crippen LogP contribution in [0.2, 0.25) is 36.6 Å². The van der Waals surface area contributed by atoms with Gasteiger partial charge in [-0.05, 0) is 144 Å². The number of aromatic nitrogens is 16. The van der Waals surface area contributed by atoms with Crippen LogP contribution < -0.4 is 0 Å². The third kappa shape index (κ3) is 45.3. The molecule has 8 heterocycles. The van der Waals surface area contributed by atoms with Crippen LogP contribution in [0.15, 0.2) is 35.4 Å². The standard InChI is InChI=1S/C28H38Cl2N4O2.C27H38Cl2N4O2.C24H39ClN4O2S.C23H36Cl2N4O/c1-36-23(35)20-16-11-9-7-5-3-2-4-6-8-10-12-17-21-34-24-25(29)31-28(30)33-26(24)32-27(34)22-18-14-13-15-19-22;1-35-23(34)15-13-11-9-7-5-3-2-4-6-8-10-12-14-20-33-22(19-18-21-16-17-21)30-26-24(33)25(28)31-27(29)32-26;1-19-26-22-21(23(32-3)28-24(25)27-22)29(19)18-16-14-12-10-8-6-4-5-7-9-11-13-15-17-20(30)31-2;1-18(30)16-14-12-10-8-6-4-3-5-7-9-11-13-15-17-29-19(2)26-22-20(29)21(24)27-23(25)28-22/h13-15,18-19H,2-12,16-17,20-21H2,1H3;21H,2-17,20H2,1H3;4-18H2,1-3H3;3-17H2,1-2H3. The molecule has 10 rings (SSSR count). The van der Waals surface area contributed by atoms with Crippen molar-refractivity contribution in [2.45, 2.75) is 424 Å². The van der Waals surface area contributed by atoms with Crippen molar-refractivity contribution in [3.63, 3.8) is 0 Å².